The molecular formula is C21H21Cl2FN6O3. The van der Waals surface area contributed by atoms with Crippen molar-refractivity contribution >= 4 is 40.9 Å². The van der Waals surface area contributed by atoms with Crippen LogP contribution < -0.4 is 10.1 Å². The maximum Gasteiger partial charge on any atom is 0.417 e. The quantitative estimate of drug-likeness (QED) is 0.581. The number of ether oxygens (including phenoxy) is 1. The summed E-state index contributed by atoms with van der Waals surface area (Å²) >= 11 is 12.5. The molecule has 33 heavy (non-hydrogen) atoms. The summed E-state index contributed by atoms with van der Waals surface area (Å²) in [5.74, 6) is -0.987. The summed E-state index contributed by atoms with van der Waals surface area (Å²) in [6.07, 6.45) is 2.79. The number of carbonyl (C=O) groups is 2. The molecule has 0 saturated carbocycles. The van der Waals surface area contributed by atoms with E-state index in [0.717, 1.165) is 12.0 Å². The predicted molar refractivity (Wildman–Crippen MR) is 120 cm³/mol. The van der Waals surface area contributed by atoms with E-state index in [1.54, 1.807) is 25.7 Å². The third kappa shape index (κ3) is 4.40. The molecule has 2 heterocycles. The second-order valence-electron chi connectivity index (χ2n) is 7.76. The summed E-state index contributed by atoms with van der Waals surface area (Å²) < 4.78 is 21.7. The number of nitrogens with one attached hydrogen (secondary N) is 1. The lowest BCUT2D eigenvalue weighted by atomic mass is 9.88. The topological polar surface area (TPSA) is 94.3 Å². The Hall–Kier alpha value is -3.11. The van der Waals surface area contributed by atoms with Crippen LogP contribution in [0.15, 0.2) is 24.5 Å². The summed E-state index contributed by atoms with van der Waals surface area (Å²) in [6, 6.07) is 3.49. The van der Waals surface area contributed by atoms with Gasteiger partial charge in [-0.15, -0.1) is 5.10 Å². The summed E-state index contributed by atoms with van der Waals surface area (Å²) in [7, 11) is 4.95. The fourth-order valence-electron chi connectivity index (χ4n) is 4.03. The molecule has 9 nitrogen and oxygen atoms in total. The highest BCUT2D eigenvalue weighted by atomic mass is 35.5. The van der Waals surface area contributed by atoms with E-state index in [1.165, 1.54) is 34.1 Å². The fraction of sp³-hybridized carbons (Fsp3) is 0.333. The molecule has 0 radical (unpaired) electrons. The number of hydrogen-bond donors (Lipinski definition) is 1. The Balaban J connectivity index is 1.61. The third-order valence-corrected chi connectivity index (χ3v) is 6.35. The number of halogens is 3. The van der Waals surface area contributed by atoms with Gasteiger partial charge in [0.2, 0.25) is 0 Å². The number of aryl methyl sites for hydroxylation is 1. The second kappa shape index (κ2) is 9.03. The molecule has 4 rings (SSSR count). The molecule has 0 fully saturated rings. The maximum absolute atomic E-state index is 13.5. The number of carbonyl (C=O) groups excluding carboxylic acids is 2. The molecule has 3 aromatic rings. The van der Waals surface area contributed by atoms with Crippen molar-refractivity contribution in [1.82, 2.24) is 24.2 Å². The van der Waals surface area contributed by atoms with E-state index in [2.05, 4.69) is 15.4 Å². The molecule has 1 N–H and O–H groups in total. The van der Waals surface area contributed by atoms with Crippen molar-refractivity contribution in [2.75, 3.05) is 12.4 Å². The van der Waals surface area contributed by atoms with Gasteiger partial charge in [-0.05, 0) is 43.0 Å². The van der Waals surface area contributed by atoms with Crippen LogP contribution in [0.2, 0.25) is 10.2 Å². The Kier molecular flexibility index (Phi) is 6.31. The SMILES string of the molecule is CN(C(=O)Oc1ncn(C)n1)C1CCCc2c1c(Cl)n(C)c2C(=O)Nc1ccc(F)c(Cl)c1. The second-order valence-corrected chi connectivity index (χ2v) is 8.53. The molecule has 1 aromatic carbocycles. The highest BCUT2D eigenvalue weighted by Gasteiger charge is 2.36. The van der Waals surface area contributed by atoms with E-state index in [9.17, 15) is 14.0 Å². The largest absolute Gasteiger partial charge is 0.417 e. The molecule has 1 unspecified atom stereocenters. The van der Waals surface area contributed by atoms with Gasteiger partial charge in [-0.2, -0.15) is 4.98 Å². The van der Waals surface area contributed by atoms with Crippen molar-refractivity contribution in [3.63, 3.8) is 0 Å². The standard InChI is InChI=1S/C21H21Cl2FN6O3/c1-28-10-25-20(27-28)33-21(32)29(2)15-6-4-5-12-16(15)18(23)30(3)17(12)19(31)26-11-7-8-14(24)13(22)9-11/h7-10,15H,4-6H2,1-3H3,(H,26,31). The number of nitrogens with zero attached hydrogens (tertiary/aromatic N) is 5. The van der Waals surface area contributed by atoms with Crippen molar-refractivity contribution < 1.29 is 18.7 Å². The van der Waals surface area contributed by atoms with Crippen LogP contribution in [0.3, 0.4) is 0 Å². The molecule has 2 amide bonds. The number of fused-ring (bicyclic) bond motifs is 1. The van der Waals surface area contributed by atoms with Crippen LogP contribution in [-0.2, 0) is 20.5 Å². The predicted octanol–water partition coefficient (Wildman–Crippen LogP) is 4.36. The van der Waals surface area contributed by atoms with Gasteiger partial charge in [0.1, 0.15) is 23.0 Å². The van der Waals surface area contributed by atoms with Crippen molar-refractivity contribution in [3.05, 3.63) is 57.3 Å². The van der Waals surface area contributed by atoms with Crippen molar-refractivity contribution in [2.45, 2.75) is 25.3 Å². The molecule has 12 heteroatoms. The van der Waals surface area contributed by atoms with Crippen LogP contribution in [0.4, 0.5) is 14.9 Å². The van der Waals surface area contributed by atoms with Crippen LogP contribution >= 0.6 is 23.2 Å². The van der Waals surface area contributed by atoms with E-state index < -0.39 is 23.9 Å². The highest BCUT2D eigenvalue weighted by molar-refractivity contribution is 6.31. The summed E-state index contributed by atoms with van der Waals surface area (Å²) in [6.45, 7) is 0. The third-order valence-electron chi connectivity index (χ3n) is 5.61. The van der Waals surface area contributed by atoms with Gasteiger partial charge in [-0.3, -0.25) is 9.48 Å². The summed E-state index contributed by atoms with van der Waals surface area (Å²) in [5, 5.41) is 6.95. The van der Waals surface area contributed by atoms with Gasteiger partial charge in [0.15, 0.2) is 0 Å². The minimum Gasteiger partial charge on any atom is -0.373 e. The number of rotatable bonds is 4. The first-order valence-corrected chi connectivity index (χ1v) is 10.9. The zero-order valence-electron chi connectivity index (χ0n) is 18.1. The van der Waals surface area contributed by atoms with Crippen LogP contribution in [-0.4, -0.2) is 43.3 Å². The molecule has 1 aliphatic rings. The first-order valence-electron chi connectivity index (χ1n) is 10.1. The Labute approximate surface area is 199 Å². The first-order chi connectivity index (χ1) is 15.7. The molecule has 174 valence electrons. The van der Waals surface area contributed by atoms with Gasteiger partial charge >= 0.3 is 12.1 Å². The first kappa shape index (κ1) is 23.1. The lowest BCUT2D eigenvalue weighted by molar-refractivity contribution is 0.101. The van der Waals surface area contributed by atoms with Crippen LogP contribution in [0.1, 0.15) is 40.5 Å². The van der Waals surface area contributed by atoms with E-state index >= 15 is 0 Å². The van der Waals surface area contributed by atoms with E-state index in [1.807, 2.05) is 0 Å². The highest BCUT2D eigenvalue weighted by Crippen LogP contribution is 2.41. The van der Waals surface area contributed by atoms with Gasteiger partial charge in [0.25, 0.3) is 5.91 Å². The van der Waals surface area contributed by atoms with Gasteiger partial charge in [0, 0.05) is 32.4 Å². The Morgan fingerprint density at radius 3 is 2.73 bits per heavy atom. The van der Waals surface area contributed by atoms with Gasteiger partial charge < -0.3 is 19.5 Å². The number of aromatic nitrogens is 4. The van der Waals surface area contributed by atoms with Gasteiger partial charge in [0.05, 0.1) is 11.1 Å². The average Bonchev–Trinajstić information content (AvgIpc) is 3.30. The lowest BCUT2D eigenvalue weighted by Crippen LogP contribution is -2.35. The van der Waals surface area contributed by atoms with Crippen molar-refractivity contribution in [2.24, 2.45) is 14.1 Å². The normalized spacial score (nSPS) is 15.2. The van der Waals surface area contributed by atoms with Crippen molar-refractivity contribution in [1.29, 1.82) is 0 Å². The number of hydrogen-bond acceptors (Lipinski definition) is 5. The molecule has 2 aromatic heterocycles. The van der Waals surface area contributed by atoms with Crippen LogP contribution in [0.5, 0.6) is 6.01 Å². The van der Waals surface area contributed by atoms with Crippen LogP contribution in [0.25, 0.3) is 0 Å². The number of benzene rings is 1. The zero-order chi connectivity index (χ0) is 23.9. The molecular weight excluding hydrogens is 474 g/mol. The van der Waals surface area contributed by atoms with Crippen molar-refractivity contribution in [3.8, 4) is 6.01 Å². The average molecular weight is 495 g/mol. The Bertz CT molecular complexity index is 1240. The summed E-state index contributed by atoms with van der Waals surface area (Å²) in [4.78, 5) is 31.2. The summed E-state index contributed by atoms with van der Waals surface area (Å²) in [5.41, 5.74) is 2.17. The number of amides is 2. The maximum atomic E-state index is 13.5. The molecule has 0 spiro atoms. The van der Waals surface area contributed by atoms with E-state index in [0.29, 0.717) is 34.9 Å². The Morgan fingerprint density at radius 1 is 1.30 bits per heavy atom. The Morgan fingerprint density at radius 2 is 2.06 bits per heavy atom. The zero-order valence-corrected chi connectivity index (χ0v) is 19.6. The minimum atomic E-state index is -0.633. The molecule has 0 aliphatic heterocycles. The van der Waals surface area contributed by atoms with Crippen LogP contribution in [0, 0.1) is 5.82 Å². The molecule has 0 bridgehead atoms. The molecule has 0 saturated heterocycles. The minimum absolute atomic E-state index is 0.0532. The lowest BCUT2D eigenvalue weighted by Gasteiger charge is -2.31. The van der Waals surface area contributed by atoms with Gasteiger partial charge in [-0.1, -0.05) is 23.2 Å². The number of anilines is 1. The fourth-order valence-corrected chi connectivity index (χ4v) is 4.53. The molecule has 1 aliphatic carbocycles. The van der Waals surface area contributed by atoms with E-state index in [-0.39, 0.29) is 11.0 Å². The van der Waals surface area contributed by atoms with E-state index in [4.69, 9.17) is 27.9 Å². The smallest absolute Gasteiger partial charge is 0.373 e. The monoisotopic (exact) mass is 494 g/mol. The van der Waals surface area contributed by atoms with Gasteiger partial charge in [-0.25, -0.2) is 9.18 Å². The molecule has 1 atom stereocenters.